The molecule has 0 amide bonds. The lowest BCUT2D eigenvalue weighted by atomic mass is 10.2. The maximum atomic E-state index is 4.37. The first kappa shape index (κ1) is 15.2. The first-order valence-electron chi connectivity index (χ1n) is 8.06. The number of fused-ring (bicyclic) bond motifs is 1. The highest BCUT2D eigenvalue weighted by Gasteiger charge is 2.06. The smallest absolute Gasteiger partial charge is 0.158 e. The van der Waals surface area contributed by atoms with Crippen molar-refractivity contribution >= 4 is 11.5 Å². The van der Waals surface area contributed by atoms with Crippen LogP contribution in [-0.4, -0.2) is 36.1 Å². The van der Waals surface area contributed by atoms with E-state index in [-0.39, 0.29) is 0 Å². The standard InChI is InChI=1S/C18H17N7/c1-13-3-4-14(10-21-13)16-9-17(23-12-22-16)19-7-5-15-11-24-25-8-2-6-20-18(15)25/h2-4,6,8-12H,5,7H2,1H3,(H,19,22,23). The third-order valence-corrected chi connectivity index (χ3v) is 3.93. The van der Waals surface area contributed by atoms with Crippen molar-refractivity contribution in [1.29, 1.82) is 0 Å². The number of hydrogen-bond acceptors (Lipinski definition) is 6. The molecule has 0 bridgehead atoms. The van der Waals surface area contributed by atoms with Crippen LogP contribution in [0.15, 0.2) is 55.4 Å². The van der Waals surface area contributed by atoms with Gasteiger partial charge in [-0.3, -0.25) is 4.98 Å². The van der Waals surface area contributed by atoms with E-state index in [0.717, 1.165) is 46.9 Å². The average Bonchev–Trinajstić information content (AvgIpc) is 3.06. The minimum atomic E-state index is 0.737. The fourth-order valence-electron chi connectivity index (χ4n) is 2.61. The van der Waals surface area contributed by atoms with Gasteiger partial charge in [-0.2, -0.15) is 5.10 Å². The van der Waals surface area contributed by atoms with Crippen LogP contribution in [0, 0.1) is 6.92 Å². The van der Waals surface area contributed by atoms with Gasteiger partial charge in [0.15, 0.2) is 5.65 Å². The van der Waals surface area contributed by atoms with E-state index >= 15 is 0 Å². The summed E-state index contributed by atoms with van der Waals surface area (Å²) in [5.41, 5.74) is 4.80. The van der Waals surface area contributed by atoms with E-state index in [1.165, 1.54) is 0 Å². The molecule has 1 N–H and O–H groups in total. The maximum absolute atomic E-state index is 4.37. The van der Waals surface area contributed by atoms with Gasteiger partial charge in [0.1, 0.15) is 12.1 Å². The molecule has 0 radical (unpaired) electrons. The summed E-state index contributed by atoms with van der Waals surface area (Å²) >= 11 is 0. The number of nitrogens with one attached hydrogen (secondary N) is 1. The van der Waals surface area contributed by atoms with Gasteiger partial charge < -0.3 is 5.32 Å². The second kappa shape index (κ2) is 6.64. The van der Waals surface area contributed by atoms with E-state index in [1.807, 2.05) is 49.8 Å². The molecule has 0 saturated heterocycles. The summed E-state index contributed by atoms with van der Waals surface area (Å²) < 4.78 is 1.78. The van der Waals surface area contributed by atoms with Crippen LogP contribution in [0.5, 0.6) is 0 Å². The van der Waals surface area contributed by atoms with Gasteiger partial charge in [-0.25, -0.2) is 19.5 Å². The van der Waals surface area contributed by atoms with E-state index in [9.17, 15) is 0 Å². The highest BCUT2D eigenvalue weighted by atomic mass is 15.2. The van der Waals surface area contributed by atoms with E-state index < -0.39 is 0 Å². The van der Waals surface area contributed by atoms with Crippen molar-refractivity contribution in [3.8, 4) is 11.3 Å². The van der Waals surface area contributed by atoms with Gasteiger partial charge in [-0.15, -0.1) is 0 Å². The minimum Gasteiger partial charge on any atom is -0.370 e. The largest absolute Gasteiger partial charge is 0.370 e. The molecular formula is C18H17N7. The quantitative estimate of drug-likeness (QED) is 0.605. The molecule has 7 nitrogen and oxygen atoms in total. The number of rotatable bonds is 5. The van der Waals surface area contributed by atoms with Crippen LogP contribution in [0.1, 0.15) is 11.3 Å². The molecule has 7 heteroatoms. The van der Waals surface area contributed by atoms with Gasteiger partial charge in [0.25, 0.3) is 0 Å². The first-order chi connectivity index (χ1) is 12.3. The van der Waals surface area contributed by atoms with Crippen LogP contribution in [0.2, 0.25) is 0 Å². The Bertz CT molecular complexity index is 992. The maximum Gasteiger partial charge on any atom is 0.158 e. The number of anilines is 1. The summed E-state index contributed by atoms with van der Waals surface area (Å²) in [6, 6.07) is 7.78. The van der Waals surface area contributed by atoms with E-state index in [1.54, 1.807) is 17.0 Å². The molecule has 4 aromatic heterocycles. The van der Waals surface area contributed by atoms with Crippen molar-refractivity contribution in [3.05, 3.63) is 66.6 Å². The lowest BCUT2D eigenvalue weighted by molar-refractivity contribution is 0.939. The molecule has 0 unspecified atom stereocenters. The monoisotopic (exact) mass is 331 g/mol. The average molecular weight is 331 g/mol. The minimum absolute atomic E-state index is 0.737. The molecule has 0 saturated carbocycles. The molecule has 4 aromatic rings. The molecule has 0 atom stereocenters. The van der Waals surface area contributed by atoms with Crippen molar-refractivity contribution < 1.29 is 0 Å². The van der Waals surface area contributed by atoms with Crippen molar-refractivity contribution in [2.75, 3.05) is 11.9 Å². The molecule has 0 aliphatic rings. The number of aryl methyl sites for hydroxylation is 1. The van der Waals surface area contributed by atoms with Crippen LogP contribution >= 0.6 is 0 Å². The molecule has 4 heterocycles. The third-order valence-electron chi connectivity index (χ3n) is 3.93. The van der Waals surface area contributed by atoms with E-state index in [2.05, 4.69) is 30.4 Å². The summed E-state index contributed by atoms with van der Waals surface area (Å²) in [5, 5.41) is 7.63. The van der Waals surface area contributed by atoms with Crippen molar-refractivity contribution in [2.24, 2.45) is 0 Å². The zero-order valence-corrected chi connectivity index (χ0v) is 13.8. The molecule has 0 aliphatic heterocycles. The first-order valence-corrected chi connectivity index (χ1v) is 8.06. The zero-order valence-electron chi connectivity index (χ0n) is 13.8. The normalized spacial score (nSPS) is 10.9. The fraction of sp³-hybridized carbons (Fsp3) is 0.167. The number of pyridine rings is 1. The van der Waals surface area contributed by atoms with Gasteiger partial charge in [0.2, 0.25) is 0 Å². The molecule has 0 aromatic carbocycles. The molecule has 124 valence electrons. The Labute approximate surface area is 144 Å². The third kappa shape index (κ3) is 3.30. The summed E-state index contributed by atoms with van der Waals surface area (Å²) in [6.07, 6.45) is 9.73. The molecule has 0 spiro atoms. The highest BCUT2D eigenvalue weighted by molar-refractivity contribution is 5.61. The van der Waals surface area contributed by atoms with Gasteiger partial charge in [-0.05, 0) is 31.5 Å². The lowest BCUT2D eigenvalue weighted by Crippen LogP contribution is -2.07. The van der Waals surface area contributed by atoms with Gasteiger partial charge in [-0.1, -0.05) is 0 Å². The fourth-order valence-corrected chi connectivity index (χ4v) is 2.61. The zero-order chi connectivity index (χ0) is 17.1. The molecule has 0 aliphatic carbocycles. The molecule has 0 fully saturated rings. The van der Waals surface area contributed by atoms with Crippen LogP contribution in [0.3, 0.4) is 0 Å². The summed E-state index contributed by atoms with van der Waals surface area (Å²) in [4.78, 5) is 17.3. The predicted octanol–water partition coefficient (Wildman–Crippen LogP) is 2.54. The Balaban J connectivity index is 1.44. The van der Waals surface area contributed by atoms with Crippen molar-refractivity contribution in [2.45, 2.75) is 13.3 Å². The van der Waals surface area contributed by atoms with Crippen molar-refractivity contribution in [1.82, 2.24) is 29.5 Å². The van der Waals surface area contributed by atoms with Crippen LogP contribution in [0.4, 0.5) is 5.82 Å². The van der Waals surface area contributed by atoms with E-state index in [4.69, 9.17) is 0 Å². The molecule has 25 heavy (non-hydrogen) atoms. The van der Waals surface area contributed by atoms with Crippen LogP contribution < -0.4 is 5.32 Å². The van der Waals surface area contributed by atoms with Gasteiger partial charge in [0.05, 0.1) is 11.9 Å². The Hall–Kier alpha value is -3.35. The lowest BCUT2D eigenvalue weighted by Gasteiger charge is -2.06. The van der Waals surface area contributed by atoms with E-state index in [0.29, 0.717) is 0 Å². The van der Waals surface area contributed by atoms with Crippen LogP contribution in [-0.2, 0) is 6.42 Å². The summed E-state index contributed by atoms with van der Waals surface area (Å²) in [5.74, 6) is 0.787. The van der Waals surface area contributed by atoms with Crippen molar-refractivity contribution in [3.63, 3.8) is 0 Å². The van der Waals surface area contributed by atoms with Gasteiger partial charge >= 0.3 is 0 Å². The summed E-state index contributed by atoms with van der Waals surface area (Å²) in [7, 11) is 0. The summed E-state index contributed by atoms with van der Waals surface area (Å²) in [6.45, 7) is 2.70. The Morgan fingerprint density at radius 3 is 2.92 bits per heavy atom. The highest BCUT2D eigenvalue weighted by Crippen LogP contribution is 2.18. The molecular weight excluding hydrogens is 314 g/mol. The topological polar surface area (TPSA) is 80.9 Å². The Morgan fingerprint density at radius 1 is 1.08 bits per heavy atom. The molecule has 4 rings (SSSR count). The van der Waals surface area contributed by atoms with Gasteiger partial charge in [0, 0.05) is 48.0 Å². The predicted molar refractivity (Wildman–Crippen MR) is 95.2 cm³/mol. The number of aromatic nitrogens is 6. The number of hydrogen-bond donors (Lipinski definition) is 1. The second-order valence-corrected chi connectivity index (χ2v) is 5.71. The Morgan fingerprint density at radius 2 is 2.04 bits per heavy atom. The number of nitrogens with zero attached hydrogens (tertiary/aromatic N) is 6. The SMILES string of the molecule is Cc1ccc(-c2cc(NCCc3cnn4cccnc34)ncn2)cn1. The second-order valence-electron chi connectivity index (χ2n) is 5.71. The Kier molecular flexibility index (Phi) is 4.04. The van der Waals surface area contributed by atoms with Crippen LogP contribution in [0.25, 0.3) is 16.9 Å².